The van der Waals surface area contributed by atoms with Crippen LogP contribution in [-0.4, -0.2) is 36.6 Å². The molecule has 0 aliphatic rings. The molecule has 3 aromatic carbocycles. The molecule has 0 aliphatic carbocycles. The molecule has 0 radical (unpaired) electrons. The van der Waals surface area contributed by atoms with Crippen molar-refractivity contribution >= 4 is 40.0 Å². The SMILES string of the molecule is CN(C)c1ccc(-c2cc3c(NCCc4ccc(NC(=O)Nc5ccccc5)cc4)ncnc3o2)cc1. The molecule has 0 bridgehead atoms. The van der Waals surface area contributed by atoms with Gasteiger partial charge in [-0.3, -0.25) is 0 Å². The highest BCUT2D eigenvalue weighted by atomic mass is 16.3. The van der Waals surface area contributed by atoms with Crippen LogP contribution in [-0.2, 0) is 6.42 Å². The fourth-order valence-electron chi connectivity index (χ4n) is 3.96. The second-order valence-electron chi connectivity index (χ2n) is 8.81. The number of rotatable bonds is 8. The first-order valence-corrected chi connectivity index (χ1v) is 12.0. The molecule has 2 aromatic heterocycles. The highest BCUT2D eigenvalue weighted by molar-refractivity contribution is 5.99. The van der Waals surface area contributed by atoms with E-state index in [-0.39, 0.29) is 6.03 Å². The van der Waals surface area contributed by atoms with Crippen LogP contribution in [0.3, 0.4) is 0 Å². The third-order valence-electron chi connectivity index (χ3n) is 5.95. The Morgan fingerprint density at radius 3 is 2.27 bits per heavy atom. The first-order chi connectivity index (χ1) is 18.0. The molecular formula is C29H28N6O2. The van der Waals surface area contributed by atoms with E-state index in [9.17, 15) is 4.79 Å². The molecule has 0 unspecified atom stereocenters. The van der Waals surface area contributed by atoms with Crippen LogP contribution in [0.25, 0.3) is 22.4 Å². The normalized spacial score (nSPS) is 10.8. The minimum atomic E-state index is -0.276. The summed E-state index contributed by atoms with van der Waals surface area (Å²) >= 11 is 0. The number of carbonyl (C=O) groups excluding carboxylic acids is 1. The first kappa shape index (κ1) is 23.9. The molecule has 8 nitrogen and oxygen atoms in total. The van der Waals surface area contributed by atoms with E-state index in [4.69, 9.17) is 4.42 Å². The zero-order valence-corrected chi connectivity index (χ0v) is 20.7. The van der Waals surface area contributed by atoms with E-state index in [1.165, 1.54) is 6.33 Å². The number of hydrogen-bond donors (Lipinski definition) is 3. The lowest BCUT2D eigenvalue weighted by Crippen LogP contribution is -2.19. The van der Waals surface area contributed by atoms with E-state index in [2.05, 4.69) is 43.0 Å². The fourth-order valence-corrected chi connectivity index (χ4v) is 3.96. The molecule has 5 rings (SSSR count). The number of urea groups is 1. The maximum Gasteiger partial charge on any atom is 0.323 e. The summed E-state index contributed by atoms with van der Waals surface area (Å²) in [5.41, 5.74) is 5.27. The van der Waals surface area contributed by atoms with E-state index in [1.807, 2.05) is 86.9 Å². The van der Waals surface area contributed by atoms with Gasteiger partial charge in [0, 0.05) is 43.3 Å². The van der Waals surface area contributed by atoms with Gasteiger partial charge in [0.1, 0.15) is 17.9 Å². The number of benzene rings is 3. The van der Waals surface area contributed by atoms with Crippen LogP contribution in [0.4, 0.5) is 27.7 Å². The molecule has 2 heterocycles. The zero-order valence-electron chi connectivity index (χ0n) is 20.7. The van der Waals surface area contributed by atoms with Crippen molar-refractivity contribution in [1.82, 2.24) is 9.97 Å². The second-order valence-corrected chi connectivity index (χ2v) is 8.81. The van der Waals surface area contributed by atoms with E-state index in [0.29, 0.717) is 12.3 Å². The highest BCUT2D eigenvalue weighted by Crippen LogP contribution is 2.30. The van der Waals surface area contributed by atoms with Gasteiger partial charge in [0.25, 0.3) is 0 Å². The predicted octanol–water partition coefficient (Wildman–Crippen LogP) is 6.25. The third kappa shape index (κ3) is 5.87. The van der Waals surface area contributed by atoms with Crippen molar-refractivity contribution in [3.8, 4) is 11.3 Å². The van der Waals surface area contributed by atoms with Crippen molar-refractivity contribution in [3.05, 3.63) is 96.8 Å². The summed E-state index contributed by atoms with van der Waals surface area (Å²) in [4.78, 5) is 23.0. The van der Waals surface area contributed by atoms with E-state index in [0.717, 1.165) is 51.6 Å². The van der Waals surface area contributed by atoms with Gasteiger partial charge in [0.2, 0.25) is 5.71 Å². The monoisotopic (exact) mass is 492 g/mol. The lowest BCUT2D eigenvalue weighted by Gasteiger charge is -2.11. The summed E-state index contributed by atoms with van der Waals surface area (Å²) in [6.45, 7) is 0.686. The molecule has 0 spiro atoms. The largest absolute Gasteiger partial charge is 0.438 e. The third-order valence-corrected chi connectivity index (χ3v) is 5.95. The van der Waals surface area contributed by atoms with Crippen molar-refractivity contribution in [2.45, 2.75) is 6.42 Å². The van der Waals surface area contributed by atoms with E-state index < -0.39 is 0 Å². The van der Waals surface area contributed by atoms with Crippen molar-refractivity contribution in [2.75, 3.05) is 41.5 Å². The van der Waals surface area contributed by atoms with Crippen LogP contribution in [0.1, 0.15) is 5.56 Å². The van der Waals surface area contributed by atoms with Gasteiger partial charge in [-0.15, -0.1) is 0 Å². The number of amides is 2. The lowest BCUT2D eigenvalue weighted by atomic mass is 10.1. The van der Waals surface area contributed by atoms with Gasteiger partial charge < -0.3 is 25.3 Å². The molecule has 0 saturated heterocycles. The molecule has 8 heteroatoms. The summed E-state index contributed by atoms with van der Waals surface area (Å²) in [5.74, 6) is 1.49. The molecule has 186 valence electrons. The standard InChI is InChI=1S/C29H28N6O2/c1-35(2)24-14-10-21(11-15-24)26-18-25-27(31-19-32-28(25)37-26)30-17-16-20-8-12-23(13-9-20)34-29(36)33-22-6-4-3-5-7-22/h3-15,18-19H,16-17H2,1-2H3,(H,30,31,32)(H2,33,34,36). The molecule has 37 heavy (non-hydrogen) atoms. The molecular weight excluding hydrogens is 464 g/mol. The Bertz CT molecular complexity index is 1480. The summed E-state index contributed by atoms with van der Waals surface area (Å²) < 4.78 is 6.00. The van der Waals surface area contributed by atoms with Crippen molar-refractivity contribution < 1.29 is 9.21 Å². The number of anilines is 4. The quantitative estimate of drug-likeness (QED) is 0.237. The number of hydrogen-bond acceptors (Lipinski definition) is 6. The predicted molar refractivity (Wildman–Crippen MR) is 149 cm³/mol. The molecule has 0 aliphatic heterocycles. The Morgan fingerprint density at radius 2 is 1.57 bits per heavy atom. The lowest BCUT2D eigenvalue weighted by molar-refractivity contribution is 0.262. The van der Waals surface area contributed by atoms with Crippen LogP contribution >= 0.6 is 0 Å². The topological polar surface area (TPSA) is 95.3 Å². The Morgan fingerprint density at radius 1 is 0.865 bits per heavy atom. The van der Waals surface area contributed by atoms with Gasteiger partial charge in [0.05, 0.1) is 5.39 Å². The van der Waals surface area contributed by atoms with Gasteiger partial charge in [0.15, 0.2) is 0 Å². The molecule has 3 N–H and O–H groups in total. The number of furan rings is 1. The average Bonchev–Trinajstić information content (AvgIpc) is 3.36. The van der Waals surface area contributed by atoms with Gasteiger partial charge in [-0.2, -0.15) is 0 Å². The molecule has 0 fully saturated rings. The van der Waals surface area contributed by atoms with Crippen molar-refractivity contribution in [1.29, 1.82) is 0 Å². The number of carbonyl (C=O) groups is 1. The Labute approximate surface area is 215 Å². The Balaban J connectivity index is 1.18. The number of aromatic nitrogens is 2. The minimum Gasteiger partial charge on any atom is -0.438 e. The highest BCUT2D eigenvalue weighted by Gasteiger charge is 2.12. The maximum absolute atomic E-state index is 12.2. The summed E-state index contributed by atoms with van der Waals surface area (Å²) in [5, 5.41) is 9.90. The van der Waals surface area contributed by atoms with Gasteiger partial charge in [-0.1, -0.05) is 30.3 Å². The van der Waals surface area contributed by atoms with Crippen LogP contribution in [0, 0.1) is 0 Å². The van der Waals surface area contributed by atoms with Gasteiger partial charge >= 0.3 is 6.03 Å². The molecule has 0 atom stereocenters. The summed E-state index contributed by atoms with van der Waals surface area (Å²) in [6, 6.07) is 27.0. The van der Waals surface area contributed by atoms with Crippen LogP contribution < -0.4 is 20.9 Å². The van der Waals surface area contributed by atoms with Crippen LogP contribution in [0.5, 0.6) is 0 Å². The second kappa shape index (κ2) is 10.8. The van der Waals surface area contributed by atoms with E-state index >= 15 is 0 Å². The minimum absolute atomic E-state index is 0.276. The summed E-state index contributed by atoms with van der Waals surface area (Å²) in [7, 11) is 4.03. The van der Waals surface area contributed by atoms with Crippen molar-refractivity contribution in [3.63, 3.8) is 0 Å². The Kier molecular flexibility index (Phi) is 6.98. The van der Waals surface area contributed by atoms with Crippen molar-refractivity contribution in [2.24, 2.45) is 0 Å². The number of nitrogens with zero attached hydrogens (tertiary/aromatic N) is 3. The number of para-hydroxylation sites is 1. The number of nitrogens with one attached hydrogen (secondary N) is 3. The fraction of sp³-hybridized carbons (Fsp3) is 0.138. The number of fused-ring (bicyclic) bond motifs is 1. The zero-order chi connectivity index (χ0) is 25.6. The smallest absolute Gasteiger partial charge is 0.323 e. The maximum atomic E-state index is 12.2. The molecule has 0 saturated carbocycles. The average molecular weight is 493 g/mol. The van der Waals surface area contributed by atoms with Gasteiger partial charge in [-0.05, 0) is 66.6 Å². The van der Waals surface area contributed by atoms with Crippen LogP contribution in [0.2, 0.25) is 0 Å². The van der Waals surface area contributed by atoms with Gasteiger partial charge in [-0.25, -0.2) is 14.8 Å². The Hall–Kier alpha value is -4.85. The first-order valence-electron chi connectivity index (χ1n) is 12.0. The molecule has 5 aromatic rings. The van der Waals surface area contributed by atoms with Crippen LogP contribution in [0.15, 0.2) is 95.7 Å². The van der Waals surface area contributed by atoms with E-state index in [1.54, 1.807) is 0 Å². The molecule has 2 amide bonds. The summed E-state index contributed by atoms with van der Waals surface area (Å²) in [6.07, 6.45) is 2.30.